The fourth-order valence-corrected chi connectivity index (χ4v) is 5.36. The van der Waals surface area contributed by atoms with Gasteiger partial charge in [-0.15, -0.1) is 0 Å². The lowest BCUT2D eigenvalue weighted by Crippen LogP contribution is -2.30. The molecule has 8 nitrogen and oxygen atoms in total. The number of fused-ring (bicyclic) bond motifs is 1. The summed E-state index contributed by atoms with van der Waals surface area (Å²) in [6, 6.07) is 14.4. The maximum absolute atomic E-state index is 13.4. The lowest BCUT2D eigenvalue weighted by Gasteiger charge is -2.24. The first-order valence-electron chi connectivity index (χ1n) is 10.2. The lowest BCUT2D eigenvalue weighted by atomic mass is 9.95. The highest BCUT2D eigenvalue weighted by Gasteiger charge is 2.46. The zero-order valence-electron chi connectivity index (χ0n) is 18.0. The van der Waals surface area contributed by atoms with Crippen LogP contribution in [0.15, 0.2) is 74.8 Å². The number of aliphatic hydroxyl groups is 1. The summed E-state index contributed by atoms with van der Waals surface area (Å²) in [7, 11) is 1.40. The molecule has 1 aliphatic rings. The molecule has 0 fully saturated rings. The van der Waals surface area contributed by atoms with Crippen LogP contribution in [-0.2, 0) is 4.79 Å². The summed E-state index contributed by atoms with van der Waals surface area (Å²) in [5.41, 5.74) is 1.56. The van der Waals surface area contributed by atoms with Gasteiger partial charge in [0, 0.05) is 26.3 Å². The minimum absolute atomic E-state index is 0.0288. The Bertz CT molecular complexity index is 1540. The molecule has 0 bridgehead atoms. The Labute approximate surface area is 205 Å². The van der Waals surface area contributed by atoms with Crippen molar-refractivity contribution in [3.05, 3.63) is 92.4 Å². The molecule has 2 aromatic heterocycles. The highest BCUT2D eigenvalue weighted by Crippen LogP contribution is 2.45. The van der Waals surface area contributed by atoms with Gasteiger partial charge in [-0.3, -0.25) is 14.5 Å². The average molecular weight is 539 g/mol. The van der Waals surface area contributed by atoms with Gasteiger partial charge in [-0.1, -0.05) is 39.4 Å². The maximum Gasteiger partial charge on any atom is 0.296 e. The van der Waals surface area contributed by atoms with Crippen LogP contribution in [0.2, 0.25) is 0 Å². The smallest absolute Gasteiger partial charge is 0.296 e. The van der Waals surface area contributed by atoms with Gasteiger partial charge in [0.05, 0.1) is 21.8 Å². The Morgan fingerprint density at radius 2 is 2.00 bits per heavy atom. The zero-order chi connectivity index (χ0) is 24.1. The molecule has 2 aromatic carbocycles. The topological polar surface area (TPSA) is 104 Å². The van der Waals surface area contributed by atoms with Crippen molar-refractivity contribution in [1.29, 1.82) is 0 Å². The molecule has 10 heteroatoms. The number of hydrogen-bond acceptors (Lipinski definition) is 7. The van der Waals surface area contributed by atoms with E-state index in [1.165, 1.54) is 29.4 Å². The summed E-state index contributed by atoms with van der Waals surface area (Å²) in [6.07, 6.45) is 0. The van der Waals surface area contributed by atoms with Crippen molar-refractivity contribution in [1.82, 2.24) is 4.98 Å². The van der Waals surface area contributed by atoms with E-state index in [1.54, 1.807) is 49.4 Å². The van der Waals surface area contributed by atoms with Crippen LogP contribution in [0.3, 0.4) is 0 Å². The Hall–Kier alpha value is -3.63. The van der Waals surface area contributed by atoms with Gasteiger partial charge in [-0.2, -0.15) is 0 Å². The van der Waals surface area contributed by atoms with E-state index in [1.807, 2.05) is 6.07 Å². The van der Waals surface area contributed by atoms with Crippen LogP contribution in [0.1, 0.15) is 27.9 Å². The molecule has 0 saturated heterocycles. The van der Waals surface area contributed by atoms with E-state index < -0.39 is 23.5 Å². The number of hydrogen-bond donors (Lipinski definition) is 1. The third kappa shape index (κ3) is 3.64. The number of furan rings is 1. The lowest BCUT2D eigenvalue weighted by molar-refractivity contribution is -0.428. The minimum atomic E-state index is -0.926. The fraction of sp³-hybridized carbons (Fsp3) is 0.125. The van der Waals surface area contributed by atoms with Crippen LogP contribution < -0.4 is 4.90 Å². The number of aliphatic hydroxyl groups excluding tert-OH is 1. The SMILES string of the molecule is Cc1ccc(C(=O)C2=C(O)C(=O)N(c3nc4ccc([N+](C)=O)cc4s3)C2c2cccc(Br)c2)o1. The highest BCUT2D eigenvalue weighted by atomic mass is 79.9. The molecule has 1 amide bonds. The van der Waals surface area contributed by atoms with Gasteiger partial charge in [0.2, 0.25) is 5.78 Å². The highest BCUT2D eigenvalue weighted by molar-refractivity contribution is 9.10. The summed E-state index contributed by atoms with van der Waals surface area (Å²) in [6.45, 7) is 1.71. The molecule has 5 rings (SSSR count). The molecule has 0 spiro atoms. The average Bonchev–Trinajstić information content (AvgIpc) is 3.49. The molecule has 170 valence electrons. The number of nitroso groups, excluding NO2 is 1. The number of aromatic nitrogens is 1. The van der Waals surface area contributed by atoms with Crippen molar-refractivity contribution in [2.45, 2.75) is 13.0 Å². The second-order valence-electron chi connectivity index (χ2n) is 7.78. The van der Waals surface area contributed by atoms with E-state index in [4.69, 9.17) is 4.42 Å². The number of carbonyl (C=O) groups excluding carboxylic acids is 2. The van der Waals surface area contributed by atoms with Gasteiger partial charge in [0.25, 0.3) is 11.6 Å². The number of rotatable bonds is 5. The van der Waals surface area contributed by atoms with Crippen molar-refractivity contribution in [3.8, 4) is 0 Å². The predicted octanol–water partition coefficient (Wildman–Crippen LogP) is 5.78. The van der Waals surface area contributed by atoms with E-state index in [0.717, 1.165) is 9.23 Å². The maximum atomic E-state index is 13.4. The van der Waals surface area contributed by atoms with E-state index >= 15 is 0 Å². The zero-order valence-corrected chi connectivity index (χ0v) is 20.4. The minimum Gasteiger partial charge on any atom is -0.503 e. The number of ketones is 1. The van der Waals surface area contributed by atoms with Crippen molar-refractivity contribution in [2.75, 3.05) is 11.9 Å². The van der Waals surface area contributed by atoms with Crippen LogP contribution in [0.5, 0.6) is 0 Å². The first-order chi connectivity index (χ1) is 16.2. The van der Waals surface area contributed by atoms with E-state index in [9.17, 15) is 19.6 Å². The summed E-state index contributed by atoms with van der Waals surface area (Å²) in [4.78, 5) is 44.3. The number of Topliss-reactive ketones (excluding diaryl/α,β-unsaturated/α-hetero) is 1. The summed E-state index contributed by atoms with van der Waals surface area (Å²) in [5, 5.41) is 11.2. The van der Waals surface area contributed by atoms with Crippen LogP contribution in [-0.4, -0.2) is 33.6 Å². The first kappa shape index (κ1) is 22.2. The van der Waals surface area contributed by atoms with Crippen LogP contribution in [0, 0.1) is 11.8 Å². The Morgan fingerprint density at radius 1 is 1.21 bits per heavy atom. The third-order valence-corrected chi connectivity index (χ3v) is 7.02. The van der Waals surface area contributed by atoms with Crippen LogP contribution in [0.25, 0.3) is 10.2 Å². The van der Waals surface area contributed by atoms with Crippen LogP contribution in [0.4, 0.5) is 10.8 Å². The standard InChI is InChI=1S/C24H16BrN3O5S/c1-12-6-9-17(33-12)21(29)19-20(13-4-3-5-14(25)10-13)28(23(31)22(19)30)24-26-16-8-7-15(27(2)32)11-18(16)34-24/h3-11,20H,1-2H3/p+1. The first-order valence-corrected chi connectivity index (χ1v) is 11.8. The van der Waals surface area contributed by atoms with Gasteiger partial charge < -0.3 is 9.52 Å². The summed E-state index contributed by atoms with van der Waals surface area (Å²) >= 11 is 4.63. The van der Waals surface area contributed by atoms with Crippen molar-refractivity contribution >= 4 is 60.0 Å². The Morgan fingerprint density at radius 3 is 2.68 bits per heavy atom. The predicted molar refractivity (Wildman–Crippen MR) is 131 cm³/mol. The molecule has 0 aliphatic carbocycles. The number of amides is 1. The number of benzene rings is 2. The third-order valence-electron chi connectivity index (χ3n) is 5.51. The molecule has 34 heavy (non-hydrogen) atoms. The Kier molecular flexibility index (Phi) is 5.41. The molecule has 4 aromatic rings. The van der Waals surface area contributed by atoms with Gasteiger partial charge in [-0.25, -0.2) is 4.98 Å². The Balaban J connectivity index is 1.67. The molecule has 1 atom stereocenters. The summed E-state index contributed by atoms with van der Waals surface area (Å²) < 4.78 is 7.67. The van der Waals surface area contributed by atoms with E-state index in [-0.39, 0.29) is 11.3 Å². The molecule has 1 unspecified atom stereocenters. The molecule has 0 saturated carbocycles. The van der Waals surface area contributed by atoms with Gasteiger partial charge in [0.15, 0.2) is 23.7 Å². The van der Waals surface area contributed by atoms with E-state index in [0.29, 0.717) is 32.4 Å². The van der Waals surface area contributed by atoms with Crippen molar-refractivity contribution < 1.29 is 23.9 Å². The molecular formula is C24H17BrN3O5S+. The number of thiazole rings is 1. The quantitative estimate of drug-likeness (QED) is 0.255. The largest absolute Gasteiger partial charge is 0.503 e. The normalized spacial score (nSPS) is 16.0. The van der Waals surface area contributed by atoms with Gasteiger partial charge in [0.1, 0.15) is 5.76 Å². The van der Waals surface area contributed by atoms with Crippen LogP contribution >= 0.6 is 27.3 Å². The number of carbonyl (C=O) groups is 2. The number of halogens is 1. The van der Waals surface area contributed by atoms with Gasteiger partial charge in [-0.05, 0) is 42.8 Å². The van der Waals surface area contributed by atoms with Crippen molar-refractivity contribution in [3.63, 3.8) is 0 Å². The molecule has 1 N–H and O–H groups in total. The summed E-state index contributed by atoms with van der Waals surface area (Å²) in [5.74, 6) is -1.40. The van der Waals surface area contributed by atoms with E-state index in [2.05, 4.69) is 20.9 Å². The molecule has 3 heterocycles. The fourth-order valence-electron chi connectivity index (χ4n) is 3.92. The van der Waals surface area contributed by atoms with Gasteiger partial charge >= 0.3 is 0 Å². The number of aryl methyl sites for hydroxylation is 1. The second kappa shape index (κ2) is 8.30. The number of anilines is 1. The van der Waals surface area contributed by atoms with Crippen molar-refractivity contribution in [2.24, 2.45) is 0 Å². The molecule has 1 aliphatic heterocycles. The molecule has 0 radical (unpaired) electrons. The number of nitrogens with zero attached hydrogens (tertiary/aromatic N) is 3. The monoisotopic (exact) mass is 538 g/mol. The second-order valence-corrected chi connectivity index (χ2v) is 9.71. The molecular weight excluding hydrogens is 522 g/mol.